The molecule has 0 saturated carbocycles. The highest BCUT2D eigenvalue weighted by Crippen LogP contribution is 2.30. The van der Waals surface area contributed by atoms with Gasteiger partial charge in [-0.1, -0.05) is 12.1 Å². The second-order valence-electron chi connectivity index (χ2n) is 3.90. The van der Waals surface area contributed by atoms with E-state index in [0.29, 0.717) is 0 Å². The number of nitrogens with zero attached hydrogens (tertiary/aromatic N) is 1. The van der Waals surface area contributed by atoms with Crippen molar-refractivity contribution < 1.29 is 36.2 Å². The van der Waals surface area contributed by atoms with Crippen LogP contribution in [0.2, 0.25) is 0 Å². The van der Waals surface area contributed by atoms with Crippen LogP contribution in [-0.4, -0.2) is 29.5 Å². The third-order valence-corrected chi connectivity index (χ3v) is 2.30. The van der Waals surface area contributed by atoms with Gasteiger partial charge in [-0.05, 0) is 12.1 Å². The zero-order valence-electron chi connectivity index (χ0n) is 10.5. The molecule has 0 bridgehead atoms. The van der Waals surface area contributed by atoms with E-state index in [2.05, 4.69) is 4.99 Å². The Morgan fingerprint density at radius 3 is 2.09 bits per heavy atom. The molecule has 1 aromatic rings. The second-order valence-corrected chi connectivity index (χ2v) is 3.90. The number of halogens is 6. The SMILES string of the molecule is Nc1ccccc1N=C/C(C(=O)C(F)(F)F)=C(/O)C(F)(F)F. The first kappa shape index (κ1) is 17.5. The Morgan fingerprint density at radius 1 is 1.09 bits per heavy atom. The molecular formula is C12H8F6N2O2. The lowest BCUT2D eigenvalue weighted by atomic mass is 10.1. The number of hydrogen-bond donors (Lipinski definition) is 2. The Labute approximate surface area is 119 Å². The van der Waals surface area contributed by atoms with Crippen LogP contribution >= 0.6 is 0 Å². The van der Waals surface area contributed by atoms with Crippen molar-refractivity contribution in [2.75, 3.05) is 5.73 Å². The number of rotatable bonds is 3. The number of allylic oxidation sites excluding steroid dienone is 2. The fourth-order valence-corrected chi connectivity index (χ4v) is 1.27. The summed E-state index contributed by atoms with van der Waals surface area (Å²) >= 11 is 0. The van der Waals surface area contributed by atoms with Crippen LogP contribution in [0.25, 0.3) is 0 Å². The molecule has 0 saturated heterocycles. The Balaban J connectivity index is 3.36. The minimum atomic E-state index is -5.61. The number of aliphatic hydroxyl groups is 1. The lowest BCUT2D eigenvalue weighted by Crippen LogP contribution is -2.29. The maximum atomic E-state index is 12.3. The van der Waals surface area contributed by atoms with E-state index in [4.69, 9.17) is 10.8 Å². The van der Waals surface area contributed by atoms with E-state index in [1.54, 1.807) is 0 Å². The summed E-state index contributed by atoms with van der Waals surface area (Å²) in [7, 11) is 0. The number of aliphatic hydroxyl groups excluding tert-OH is 1. The number of alkyl halides is 6. The van der Waals surface area contributed by atoms with Crippen molar-refractivity contribution in [3.05, 3.63) is 35.6 Å². The number of Topliss-reactive ketones (excluding diaryl/α,β-unsaturated/α-hetero) is 1. The van der Waals surface area contributed by atoms with Gasteiger partial charge in [0.05, 0.1) is 16.9 Å². The van der Waals surface area contributed by atoms with Crippen LogP contribution < -0.4 is 5.73 Å². The van der Waals surface area contributed by atoms with E-state index < -0.39 is 29.5 Å². The third-order valence-electron chi connectivity index (χ3n) is 2.30. The molecule has 0 aliphatic heterocycles. The molecule has 0 unspecified atom stereocenters. The molecule has 0 spiro atoms. The van der Waals surface area contributed by atoms with Crippen LogP contribution in [0, 0.1) is 0 Å². The summed E-state index contributed by atoms with van der Waals surface area (Å²) in [4.78, 5) is 14.3. The van der Waals surface area contributed by atoms with Gasteiger partial charge in [0.1, 0.15) is 0 Å². The molecule has 120 valence electrons. The van der Waals surface area contributed by atoms with Gasteiger partial charge in [0.2, 0.25) is 5.76 Å². The molecule has 0 radical (unpaired) electrons. The van der Waals surface area contributed by atoms with Crippen molar-refractivity contribution >= 4 is 23.4 Å². The number of nitrogens with two attached hydrogens (primary N) is 1. The summed E-state index contributed by atoms with van der Waals surface area (Å²) < 4.78 is 73.9. The third kappa shape index (κ3) is 4.24. The van der Waals surface area contributed by atoms with Crippen LogP contribution in [0.1, 0.15) is 0 Å². The van der Waals surface area contributed by atoms with E-state index in [9.17, 15) is 31.1 Å². The number of ketones is 1. The summed E-state index contributed by atoms with van der Waals surface area (Å²) in [6.07, 6.45) is -11.2. The Bertz CT molecular complexity index is 631. The molecule has 3 N–H and O–H groups in total. The number of para-hydroxylation sites is 2. The quantitative estimate of drug-likeness (QED) is 0.294. The van der Waals surface area contributed by atoms with Gasteiger partial charge in [-0.2, -0.15) is 26.3 Å². The Morgan fingerprint density at radius 2 is 1.64 bits per heavy atom. The number of carbonyl (C=O) groups is 1. The predicted octanol–water partition coefficient (Wildman–Crippen LogP) is 3.48. The first-order valence-corrected chi connectivity index (χ1v) is 5.45. The average Bonchev–Trinajstić information content (AvgIpc) is 2.38. The van der Waals surface area contributed by atoms with Crippen LogP contribution in [0.5, 0.6) is 0 Å². The van der Waals surface area contributed by atoms with Crippen molar-refractivity contribution in [2.45, 2.75) is 12.4 Å². The van der Waals surface area contributed by atoms with Gasteiger partial charge in [0.15, 0.2) is 0 Å². The lowest BCUT2D eigenvalue weighted by molar-refractivity contribution is -0.167. The van der Waals surface area contributed by atoms with Crippen molar-refractivity contribution in [3.8, 4) is 0 Å². The second kappa shape index (κ2) is 6.08. The first-order chi connectivity index (χ1) is 9.94. The Kier molecular flexibility index (Phi) is 4.84. The maximum Gasteiger partial charge on any atom is 0.455 e. The first-order valence-electron chi connectivity index (χ1n) is 5.45. The van der Waals surface area contributed by atoms with Gasteiger partial charge in [-0.3, -0.25) is 9.79 Å². The molecule has 0 heterocycles. The zero-order valence-corrected chi connectivity index (χ0v) is 10.5. The van der Waals surface area contributed by atoms with E-state index >= 15 is 0 Å². The number of aliphatic imine (C=N–C) groups is 1. The van der Waals surface area contributed by atoms with Crippen LogP contribution in [0.4, 0.5) is 37.7 Å². The normalized spacial score (nSPS) is 14.1. The van der Waals surface area contributed by atoms with Crippen LogP contribution in [-0.2, 0) is 4.79 Å². The molecule has 10 heteroatoms. The molecular weight excluding hydrogens is 318 g/mol. The molecule has 0 fully saturated rings. The van der Waals surface area contributed by atoms with E-state index in [1.807, 2.05) is 0 Å². The lowest BCUT2D eigenvalue weighted by Gasteiger charge is -2.11. The standard InChI is InChI=1S/C12H8F6N2O2/c13-11(14,15)9(21)6(10(22)12(16,17)18)5-20-8-4-2-1-3-7(8)19/h1-5,21H,19H2/b9-6-,20-5?. The molecule has 4 nitrogen and oxygen atoms in total. The van der Waals surface area contributed by atoms with Gasteiger partial charge < -0.3 is 10.8 Å². The highest BCUT2D eigenvalue weighted by Gasteiger charge is 2.46. The highest BCUT2D eigenvalue weighted by atomic mass is 19.4. The summed E-state index contributed by atoms with van der Waals surface area (Å²) in [5.41, 5.74) is 3.18. The number of nitrogen functional groups attached to an aromatic ring is 1. The molecule has 1 aromatic carbocycles. The number of anilines is 1. The van der Waals surface area contributed by atoms with E-state index in [0.717, 1.165) is 0 Å². The fraction of sp³-hybridized carbons (Fsp3) is 0.167. The van der Waals surface area contributed by atoms with Crippen LogP contribution in [0.15, 0.2) is 40.6 Å². The molecule has 0 aliphatic rings. The van der Waals surface area contributed by atoms with Gasteiger partial charge in [0.25, 0.3) is 5.78 Å². The highest BCUT2D eigenvalue weighted by molar-refractivity contribution is 6.16. The molecule has 0 aromatic heterocycles. The fourth-order valence-electron chi connectivity index (χ4n) is 1.27. The van der Waals surface area contributed by atoms with Crippen molar-refractivity contribution in [1.82, 2.24) is 0 Å². The largest absolute Gasteiger partial charge is 0.504 e. The molecule has 0 atom stereocenters. The number of carbonyl (C=O) groups excluding carboxylic acids is 1. The number of benzene rings is 1. The van der Waals surface area contributed by atoms with Gasteiger partial charge >= 0.3 is 12.4 Å². The maximum absolute atomic E-state index is 12.3. The summed E-state index contributed by atoms with van der Waals surface area (Å²) in [5.74, 6) is -5.56. The molecule has 0 aliphatic carbocycles. The minimum Gasteiger partial charge on any atom is -0.504 e. The molecule has 0 amide bonds. The van der Waals surface area contributed by atoms with Gasteiger partial charge in [0, 0.05) is 6.21 Å². The average molecular weight is 326 g/mol. The Hall–Kier alpha value is -2.52. The molecule has 1 rings (SSSR count). The number of hydrogen-bond acceptors (Lipinski definition) is 4. The summed E-state index contributed by atoms with van der Waals surface area (Å²) in [5, 5.41) is 8.84. The smallest absolute Gasteiger partial charge is 0.455 e. The monoisotopic (exact) mass is 326 g/mol. The predicted molar refractivity (Wildman–Crippen MR) is 65.8 cm³/mol. The van der Waals surface area contributed by atoms with Gasteiger partial charge in [-0.25, -0.2) is 0 Å². The zero-order chi connectivity index (χ0) is 17.1. The van der Waals surface area contributed by atoms with E-state index in [-0.39, 0.29) is 17.6 Å². The van der Waals surface area contributed by atoms with Crippen molar-refractivity contribution in [1.29, 1.82) is 0 Å². The molecule has 22 heavy (non-hydrogen) atoms. The van der Waals surface area contributed by atoms with Crippen molar-refractivity contribution in [3.63, 3.8) is 0 Å². The minimum absolute atomic E-state index is 0.0235. The van der Waals surface area contributed by atoms with Crippen LogP contribution in [0.3, 0.4) is 0 Å². The summed E-state index contributed by atoms with van der Waals surface area (Å²) in [6, 6.07) is 5.33. The van der Waals surface area contributed by atoms with Crippen molar-refractivity contribution in [2.24, 2.45) is 4.99 Å². The topological polar surface area (TPSA) is 75.7 Å². The summed E-state index contributed by atoms with van der Waals surface area (Å²) in [6.45, 7) is 0. The van der Waals surface area contributed by atoms with Gasteiger partial charge in [-0.15, -0.1) is 0 Å². The van der Waals surface area contributed by atoms with E-state index in [1.165, 1.54) is 24.3 Å².